The van der Waals surface area contributed by atoms with Crippen molar-refractivity contribution >= 4 is 5.90 Å². The predicted octanol–water partition coefficient (Wildman–Crippen LogP) is 1.58. The molecule has 0 unspecified atom stereocenters. The Morgan fingerprint density at radius 1 is 1.54 bits per heavy atom. The average Bonchev–Trinajstić information content (AvgIpc) is 2.43. The first-order valence-electron chi connectivity index (χ1n) is 4.27. The summed E-state index contributed by atoms with van der Waals surface area (Å²) in [6.45, 7) is 3.96. The molecule has 0 aliphatic carbocycles. The van der Waals surface area contributed by atoms with Crippen LogP contribution in [0.5, 0.6) is 0 Å². The zero-order valence-electron chi connectivity index (χ0n) is 8.27. The zero-order chi connectivity index (χ0) is 9.84. The van der Waals surface area contributed by atoms with E-state index in [1.165, 1.54) is 12.7 Å². The van der Waals surface area contributed by atoms with E-state index in [9.17, 15) is 0 Å². The third kappa shape index (κ3) is 2.31. The number of nitrogens with one attached hydrogen (secondary N) is 2. The number of hydrogen-bond donors (Lipinski definition) is 2. The summed E-state index contributed by atoms with van der Waals surface area (Å²) in [4.78, 5) is 0. The third-order valence-electron chi connectivity index (χ3n) is 2.13. The number of hydrogen-bond acceptors (Lipinski definition) is 3. The molecule has 0 bridgehead atoms. The van der Waals surface area contributed by atoms with Crippen molar-refractivity contribution in [2.24, 2.45) is 0 Å². The fourth-order valence-electron chi connectivity index (χ4n) is 1.28. The number of nitrogens with zero attached hydrogens (tertiary/aromatic N) is 1. The number of H-pyrrole nitrogens is 1. The maximum atomic E-state index is 7.33. The monoisotopic (exact) mass is 181 g/mol. The van der Waals surface area contributed by atoms with Gasteiger partial charge in [0, 0.05) is 12.1 Å². The lowest BCUT2D eigenvalue weighted by molar-refractivity contribution is 0.386. The van der Waals surface area contributed by atoms with Gasteiger partial charge in [0.2, 0.25) is 0 Å². The molecule has 1 rings (SSSR count). The van der Waals surface area contributed by atoms with E-state index in [1.54, 1.807) is 0 Å². The summed E-state index contributed by atoms with van der Waals surface area (Å²) in [5.74, 6) is 0.319. The highest BCUT2D eigenvalue weighted by molar-refractivity contribution is 5.72. The van der Waals surface area contributed by atoms with Crippen molar-refractivity contribution in [3.8, 4) is 0 Å². The van der Waals surface area contributed by atoms with Gasteiger partial charge in [0.15, 0.2) is 5.90 Å². The molecule has 13 heavy (non-hydrogen) atoms. The Hall–Kier alpha value is -1.32. The van der Waals surface area contributed by atoms with Gasteiger partial charge in [-0.1, -0.05) is 0 Å². The second-order valence-electron chi connectivity index (χ2n) is 3.04. The molecule has 1 heterocycles. The number of aryl methyl sites for hydroxylation is 2. The van der Waals surface area contributed by atoms with Crippen molar-refractivity contribution in [2.75, 3.05) is 7.11 Å². The summed E-state index contributed by atoms with van der Waals surface area (Å²) in [6, 6.07) is 0. The van der Waals surface area contributed by atoms with Gasteiger partial charge in [-0.3, -0.25) is 10.5 Å². The number of ether oxygens (including phenoxy) is 1. The molecule has 0 aliphatic heterocycles. The Morgan fingerprint density at radius 2 is 2.23 bits per heavy atom. The van der Waals surface area contributed by atoms with Crippen LogP contribution in [0.3, 0.4) is 0 Å². The maximum absolute atomic E-state index is 7.33. The lowest BCUT2D eigenvalue weighted by Crippen LogP contribution is -2.01. The van der Waals surface area contributed by atoms with Crippen molar-refractivity contribution in [1.82, 2.24) is 10.2 Å². The van der Waals surface area contributed by atoms with E-state index in [0.717, 1.165) is 17.8 Å². The fraction of sp³-hybridized carbons (Fsp3) is 0.556. The Balaban J connectivity index is 2.58. The van der Waals surface area contributed by atoms with Gasteiger partial charge < -0.3 is 4.74 Å². The predicted molar refractivity (Wildman–Crippen MR) is 51.1 cm³/mol. The molecule has 1 aromatic heterocycles. The zero-order valence-corrected chi connectivity index (χ0v) is 8.27. The molecule has 0 fully saturated rings. The molecule has 1 aromatic rings. The lowest BCUT2D eigenvalue weighted by Gasteiger charge is -2.02. The molecule has 4 heteroatoms. The van der Waals surface area contributed by atoms with Crippen LogP contribution in [0, 0.1) is 19.3 Å². The second kappa shape index (κ2) is 4.07. The molecule has 0 saturated carbocycles. The van der Waals surface area contributed by atoms with Crippen molar-refractivity contribution < 1.29 is 4.74 Å². The minimum atomic E-state index is 0.319. The van der Waals surface area contributed by atoms with E-state index >= 15 is 0 Å². The summed E-state index contributed by atoms with van der Waals surface area (Å²) in [5.41, 5.74) is 3.30. The van der Waals surface area contributed by atoms with Crippen LogP contribution in [0.15, 0.2) is 0 Å². The Labute approximate surface area is 77.8 Å². The molecule has 0 radical (unpaired) electrons. The number of methoxy groups -OCH3 is 1. The summed E-state index contributed by atoms with van der Waals surface area (Å²) in [5, 5.41) is 14.3. The quantitative estimate of drug-likeness (QED) is 0.549. The smallest absolute Gasteiger partial charge is 0.180 e. The van der Waals surface area contributed by atoms with E-state index in [0.29, 0.717) is 12.3 Å². The number of aromatic amines is 1. The van der Waals surface area contributed by atoms with Crippen molar-refractivity contribution in [2.45, 2.75) is 26.7 Å². The molecule has 0 amide bonds. The van der Waals surface area contributed by atoms with Gasteiger partial charge in [0.05, 0.1) is 12.8 Å². The van der Waals surface area contributed by atoms with Crippen LogP contribution in [0.1, 0.15) is 23.4 Å². The van der Waals surface area contributed by atoms with Crippen molar-refractivity contribution in [1.29, 1.82) is 5.41 Å². The van der Waals surface area contributed by atoms with Crippen LogP contribution in [0.25, 0.3) is 0 Å². The molecule has 2 N–H and O–H groups in total. The maximum Gasteiger partial charge on any atom is 0.180 e. The van der Waals surface area contributed by atoms with Gasteiger partial charge in [-0.15, -0.1) is 0 Å². The number of aromatic nitrogens is 2. The molecule has 0 aromatic carbocycles. The SMILES string of the molecule is COC(=N)CCc1c(C)n[nH]c1C. The van der Waals surface area contributed by atoms with Gasteiger partial charge in [-0.05, 0) is 25.8 Å². The molecule has 0 aliphatic rings. The molecule has 0 spiro atoms. The molecule has 0 saturated heterocycles. The van der Waals surface area contributed by atoms with E-state index < -0.39 is 0 Å². The summed E-state index contributed by atoms with van der Waals surface area (Å²) >= 11 is 0. The van der Waals surface area contributed by atoms with Gasteiger partial charge in [0.25, 0.3) is 0 Å². The van der Waals surface area contributed by atoms with Gasteiger partial charge >= 0.3 is 0 Å². The van der Waals surface area contributed by atoms with Crippen LogP contribution in [-0.4, -0.2) is 23.2 Å². The topological polar surface area (TPSA) is 61.8 Å². The van der Waals surface area contributed by atoms with E-state index in [1.807, 2.05) is 13.8 Å². The van der Waals surface area contributed by atoms with Crippen LogP contribution in [0.4, 0.5) is 0 Å². The first kappa shape index (κ1) is 9.77. The van der Waals surface area contributed by atoms with Crippen LogP contribution < -0.4 is 0 Å². The highest BCUT2D eigenvalue weighted by Crippen LogP contribution is 2.11. The van der Waals surface area contributed by atoms with E-state index in [-0.39, 0.29) is 0 Å². The normalized spacial score (nSPS) is 10.1. The minimum absolute atomic E-state index is 0.319. The first-order valence-corrected chi connectivity index (χ1v) is 4.27. The van der Waals surface area contributed by atoms with Crippen LogP contribution in [0.2, 0.25) is 0 Å². The molecular formula is C9H15N3O. The highest BCUT2D eigenvalue weighted by Gasteiger charge is 2.06. The Morgan fingerprint density at radius 3 is 2.69 bits per heavy atom. The van der Waals surface area contributed by atoms with Gasteiger partial charge in [-0.25, -0.2) is 0 Å². The van der Waals surface area contributed by atoms with E-state index in [4.69, 9.17) is 10.1 Å². The average molecular weight is 181 g/mol. The summed E-state index contributed by atoms with van der Waals surface area (Å²) < 4.78 is 4.78. The third-order valence-corrected chi connectivity index (χ3v) is 2.13. The molecular weight excluding hydrogens is 166 g/mol. The largest absolute Gasteiger partial charge is 0.484 e. The van der Waals surface area contributed by atoms with Crippen molar-refractivity contribution in [3.63, 3.8) is 0 Å². The second-order valence-corrected chi connectivity index (χ2v) is 3.04. The summed E-state index contributed by atoms with van der Waals surface area (Å²) in [6.07, 6.45) is 1.46. The standard InChI is InChI=1S/C9H15N3O/c1-6-8(7(2)12-11-6)4-5-9(10)13-3/h10H,4-5H2,1-3H3,(H,11,12). The lowest BCUT2D eigenvalue weighted by atomic mass is 10.1. The molecule has 0 atom stereocenters. The summed E-state index contributed by atoms with van der Waals surface area (Å²) in [7, 11) is 1.53. The number of rotatable bonds is 3. The van der Waals surface area contributed by atoms with E-state index in [2.05, 4.69) is 10.2 Å². The highest BCUT2D eigenvalue weighted by atomic mass is 16.5. The van der Waals surface area contributed by atoms with Crippen molar-refractivity contribution in [3.05, 3.63) is 17.0 Å². The Bertz CT molecular complexity index is 284. The Kier molecular flexibility index (Phi) is 3.06. The van der Waals surface area contributed by atoms with Crippen LogP contribution in [-0.2, 0) is 11.2 Å². The van der Waals surface area contributed by atoms with Gasteiger partial charge in [-0.2, -0.15) is 5.10 Å². The minimum Gasteiger partial charge on any atom is -0.484 e. The van der Waals surface area contributed by atoms with Crippen LogP contribution >= 0.6 is 0 Å². The fourth-order valence-corrected chi connectivity index (χ4v) is 1.28. The molecule has 4 nitrogen and oxygen atoms in total. The molecule has 72 valence electrons. The first-order chi connectivity index (χ1) is 6.15. The van der Waals surface area contributed by atoms with Gasteiger partial charge in [0.1, 0.15) is 0 Å².